The van der Waals surface area contributed by atoms with Crippen molar-refractivity contribution in [3.8, 4) is 0 Å². The van der Waals surface area contributed by atoms with Gasteiger partial charge in [-0.1, -0.05) is 31.4 Å². The third-order valence-corrected chi connectivity index (χ3v) is 1.26. The first kappa shape index (κ1) is 9.76. The zero-order valence-corrected chi connectivity index (χ0v) is 7.13. The lowest BCUT2D eigenvalue weighted by atomic mass is 10.2. The molecular formula is C10H14O. The largest absolute Gasteiger partial charge is 0.496 e. The average molecular weight is 150 g/mol. The summed E-state index contributed by atoms with van der Waals surface area (Å²) in [6.45, 7) is 9.21. The molecule has 0 unspecified atom stereocenters. The summed E-state index contributed by atoms with van der Waals surface area (Å²) < 4.78 is 5.08. The molecule has 0 fully saturated rings. The SMILES string of the molecule is C=CC(C=C)=C(/C=C\C)OC. The lowest BCUT2D eigenvalue weighted by Gasteiger charge is -2.02. The van der Waals surface area contributed by atoms with E-state index >= 15 is 0 Å². The van der Waals surface area contributed by atoms with E-state index in [-0.39, 0.29) is 0 Å². The maximum Gasteiger partial charge on any atom is 0.125 e. The standard InChI is InChI=1S/C10H14O/c1-5-8-10(11-4)9(6-2)7-3/h5-8H,2-3H2,1,4H3/b8-5-. The molecular weight excluding hydrogens is 136 g/mol. The van der Waals surface area contributed by atoms with Crippen molar-refractivity contribution in [2.24, 2.45) is 0 Å². The van der Waals surface area contributed by atoms with Crippen LogP contribution < -0.4 is 0 Å². The molecule has 11 heavy (non-hydrogen) atoms. The highest BCUT2D eigenvalue weighted by molar-refractivity contribution is 5.35. The van der Waals surface area contributed by atoms with Gasteiger partial charge in [-0.2, -0.15) is 0 Å². The van der Waals surface area contributed by atoms with Gasteiger partial charge in [-0.3, -0.25) is 0 Å². The van der Waals surface area contributed by atoms with Gasteiger partial charge in [-0.05, 0) is 13.0 Å². The number of hydrogen-bond donors (Lipinski definition) is 0. The van der Waals surface area contributed by atoms with Crippen LogP contribution in [0.3, 0.4) is 0 Å². The van der Waals surface area contributed by atoms with Crippen LogP contribution in [0.25, 0.3) is 0 Å². The maximum atomic E-state index is 5.08. The molecule has 0 rings (SSSR count). The van der Waals surface area contributed by atoms with Crippen LogP contribution in [-0.4, -0.2) is 7.11 Å². The Kier molecular flexibility index (Phi) is 4.91. The number of ether oxygens (including phenoxy) is 1. The summed E-state index contributed by atoms with van der Waals surface area (Å²) in [6.07, 6.45) is 7.21. The Balaban J connectivity index is 4.75. The van der Waals surface area contributed by atoms with E-state index in [1.807, 2.05) is 19.1 Å². The zero-order chi connectivity index (χ0) is 8.69. The van der Waals surface area contributed by atoms with Gasteiger partial charge in [0.1, 0.15) is 5.76 Å². The number of methoxy groups -OCH3 is 1. The predicted molar refractivity (Wildman–Crippen MR) is 49.2 cm³/mol. The van der Waals surface area contributed by atoms with E-state index in [0.717, 1.165) is 11.3 Å². The van der Waals surface area contributed by atoms with E-state index in [1.165, 1.54) is 0 Å². The molecule has 1 nitrogen and oxygen atoms in total. The van der Waals surface area contributed by atoms with E-state index in [9.17, 15) is 0 Å². The summed E-state index contributed by atoms with van der Waals surface area (Å²) >= 11 is 0. The summed E-state index contributed by atoms with van der Waals surface area (Å²) in [4.78, 5) is 0. The molecule has 0 amide bonds. The number of hydrogen-bond acceptors (Lipinski definition) is 1. The molecule has 0 aromatic heterocycles. The minimum atomic E-state index is 0.789. The fourth-order valence-electron chi connectivity index (χ4n) is 0.718. The van der Waals surface area contributed by atoms with Gasteiger partial charge < -0.3 is 4.74 Å². The average Bonchev–Trinajstić information content (AvgIpc) is 2.05. The van der Waals surface area contributed by atoms with Crippen molar-refractivity contribution in [1.82, 2.24) is 0 Å². The first-order valence-electron chi connectivity index (χ1n) is 3.46. The Hall–Kier alpha value is -1.24. The summed E-state index contributed by atoms with van der Waals surface area (Å²) in [6, 6.07) is 0. The minimum absolute atomic E-state index is 0.789. The van der Waals surface area contributed by atoms with E-state index in [4.69, 9.17) is 4.74 Å². The van der Waals surface area contributed by atoms with Crippen LogP contribution in [0.15, 0.2) is 48.8 Å². The lowest BCUT2D eigenvalue weighted by Crippen LogP contribution is -1.85. The number of rotatable bonds is 4. The fraction of sp³-hybridized carbons (Fsp3) is 0.200. The third-order valence-electron chi connectivity index (χ3n) is 1.26. The van der Waals surface area contributed by atoms with Gasteiger partial charge in [0.15, 0.2) is 0 Å². The van der Waals surface area contributed by atoms with Gasteiger partial charge in [-0.15, -0.1) is 0 Å². The Bertz CT molecular complexity index is 187. The minimum Gasteiger partial charge on any atom is -0.496 e. The van der Waals surface area contributed by atoms with Crippen molar-refractivity contribution in [2.45, 2.75) is 6.92 Å². The van der Waals surface area contributed by atoms with Crippen molar-refractivity contribution >= 4 is 0 Å². The smallest absolute Gasteiger partial charge is 0.125 e. The van der Waals surface area contributed by atoms with Crippen LogP contribution in [0.1, 0.15) is 6.92 Å². The van der Waals surface area contributed by atoms with E-state index in [0.29, 0.717) is 0 Å². The first-order valence-corrected chi connectivity index (χ1v) is 3.46. The molecule has 60 valence electrons. The Morgan fingerprint density at radius 2 is 1.82 bits per heavy atom. The van der Waals surface area contributed by atoms with Gasteiger partial charge in [0.05, 0.1) is 7.11 Å². The van der Waals surface area contributed by atoms with Gasteiger partial charge in [0.25, 0.3) is 0 Å². The molecule has 0 aliphatic rings. The second-order valence-corrected chi connectivity index (χ2v) is 1.93. The summed E-state index contributed by atoms with van der Waals surface area (Å²) in [5.41, 5.74) is 0.908. The molecule has 0 aliphatic heterocycles. The zero-order valence-electron chi connectivity index (χ0n) is 7.13. The molecule has 0 saturated heterocycles. The summed E-state index contributed by atoms with van der Waals surface area (Å²) in [5, 5.41) is 0. The molecule has 0 saturated carbocycles. The third kappa shape index (κ3) is 2.89. The van der Waals surface area contributed by atoms with E-state index in [2.05, 4.69) is 13.2 Å². The van der Waals surface area contributed by atoms with Crippen molar-refractivity contribution in [2.75, 3.05) is 7.11 Å². The van der Waals surface area contributed by atoms with E-state index < -0.39 is 0 Å². The summed E-state index contributed by atoms with van der Waals surface area (Å²) in [7, 11) is 1.63. The molecule has 0 spiro atoms. The topological polar surface area (TPSA) is 9.23 Å². The molecule has 0 aliphatic carbocycles. The molecule has 1 heteroatoms. The Labute approximate surface area is 68.4 Å². The highest BCUT2D eigenvalue weighted by atomic mass is 16.5. The molecule has 0 heterocycles. The van der Waals surface area contributed by atoms with Gasteiger partial charge >= 0.3 is 0 Å². The predicted octanol–water partition coefficient (Wildman–Crippen LogP) is 2.84. The normalized spacial score (nSPS) is 9.27. The maximum absolute atomic E-state index is 5.08. The quantitative estimate of drug-likeness (QED) is 0.442. The van der Waals surface area contributed by atoms with Crippen LogP contribution in [0.4, 0.5) is 0 Å². The van der Waals surface area contributed by atoms with Crippen LogP contribution in [0.2, 0.25) is 0 Å². The Morgan fingerprint density at radius 3 is 2.09 bits per heavy atom. The van der Waals surface area contributed by atoms with Crippen molar-refractivity contribution in [3.63, 3.8) is 0 Å². The highest BCUT2D eigenvalue weighted by Crippen LogP contribution is 2.08. The van der Waals surface area contributed by atoms with Crippen molar-refractivity contribution in [3.05, 3.63) is 48.8 Å². The first-order chi connectivity index (χ1) is 5.29. The molecule has 0 aromatic carbocycles. The Morgan fingerprint density at radius 1 is 1.27 bits per heavy atom. The van der Waals surface area contributed by atoms with Gasteiger partial charge in [0.2, 0.25) is 0 Å². The fourth-order valence-corrected chi connectivity index (χ4v) is 0.718. The second-order valence-electron chi connectivity index (χ2n) is 1.93. The molecule has 0 bridgehead atoms. The molecule has 0 atom stereocenters. The monoisotopic (exact) mass is 150 g/mol. The molecule has 0 N–H and O–H groups in total. The van der Waals surface area contributed by atoms with Crippen LogP contribution >= 0.6 is 0 Å². The van der Waals surface area contributed by atoms with Gasteiger partial charge in [0, 0.05) is 5.57 Å². The van der Waals surface area contributed by atoms with Crippen molar-refractivity contribution in [1.29, 1.82) is 0 Å². The second kappa shape index (κ2) is 5.54. The van der Waals surface area contributed by atoms with Crippen LogP contribution in [0, 0.1) is 0 Å². The highest BCUT2D eigenvalue weighted by Gasteiger charge is 1.93. The molecule has 0 aromatic rings. The van der Waals surface area contributed by atoms with Crippen molar-refractivity contribution < 1.29 is 4.74 Å². The summed E-state index contributed by atoms with van der Waals surface area (Å²) in [5.74, 6) is 0.789. The van der Waals surface area contributed by atoms with E-state index in [1.54, 1.807) is 19.3 Å². The lowest BCUT2D eigenvalue weighted by molar-refractivity contribution is 0.304. The van der Waals surface area contributed by atoms with Gasteiger partial charge in [-0.25, -0.2) is 0 Å². The van der Waals surface area contributed by atoms with Crippen LogP contribution in [0.5, 0.6) is 0 Å². The number of allylic oxidation sites excluding steroid dienone is 5. The van der Waals surface area contributed by atoms with Crippen LogP contribution in [-0.2, 0) is 4.74 Å². The molecule has 0 radical (unpaired) electrons.